The molecule has 1 aromatic carbocycles. The molecule has 1 atom stereocenters. The molecule has 0 aliphatic heterocycles. The van der Waals surface area contributed by atoms with Crippen molar-refractivity contribution >= 4 is 11.6 Å². The summed E-state index contributed by atoms with van der Waals surface area (Å²) in [5.74, 6) is 0.743. The van der Waals surface area contributed by atoms with Crippen LogP contribution in [0.3, 0.4) is 0 Å². The Morgan fingerprint density at radius 1 is 1.50 bits per heavy atom. The van der Waals surface area contributed by atoms with Gasteiger partial charge in [-0.05, 0) is 25.8 Å². The Morgan fingerprint density at radius 3 is 2.94 bits per heavy atom. The zero-order valence-electron chi connectivity index (χ0n) is 10.7. The van der Waals surface area contributed by atoms with E-state index in [9.17, 15) is 5.11 Å². The first-order valence-corrected chi connectivity index (χ1v) is 6.86. The van der Waals surface area contributed by atoms with Crippen molar-refractivity contribution in [1.82, 2.24) is 5.32 Å². The van der Waals surface area contributed by atoms with E-state index in [4.69, 9.17) is 16.3 Å². The summed E-state index contributed by atoms with van der Waals surface area (Å²) in [6.07, 6.45) is 2.79. The Kier molecular flexibility index (Phi) is 4.87. The molecule has 1 fully saturated rings. The van der Waals surface area contributed by atoms with Crippen molar-refractivity contribution in [2.24, 2.45) is 0 Å². The third-order valence-corrected chi connectivity index (χ3v) is 3.29. The van der Waals surface area contributed by atoms with Crippen molar-refractivity contribution in [2.75, 3.05) is 6.61 Å². The Labute approximate surface area is 113 Å². The molecule has 0 saturated heterocycles. The van der Waals surface area contributed by atoms with Crippen molar-refractivity contribution < 1.29 is 9.84 Å². The summed E-state index contributed by atoms with van der Waals surface area (Å²) in [5, 5.41) is 13.3. The highest BCUT2D eigenvalue weighted by atomic mass is 35.5. The molecule has 4 heteroatoms. The molecule has 2 rings (SSSR count). The number of halogens is 1. The zero-order chi connectivity index (χ0) is 13.0. The minimum Gasteiger partial charge on any atom is -0.492 e. The maximum atomic E-state index is 9.23. The molecule has 0 aromatic heterocycles. The number of hydrogen-bond donors (Lipinski definition) is 2. The van der Waals surface area contributed by atoms with Crippen molar-refractivity contribution in [3.05, 3.63) is 28.8 Å². The molecular weight excluding hydrogens is 250 g/mol. The molecule has 1 aromatic rings. The molecule has 3 nitrogen and oxygen atoms in total. The monoisotopic (exact) mass is 269 g/mol. The van der Waals surface area contributed by atoms with E-state index in [1.807, 2.05) is 18.2 Å². The lowest BCUT2D eigenvalue weighted by molar-refractivity contribution is 0.155. The van der Waals surface area contributed by atoms with Gasteiger partial charge in [0.05, 0.1) is 17.7 Å². The van der Waals surface area contributed by atoms with Crippen LogP contribution in [-0.4, -0.2) is 23.9 Å². The van der Waals surface area contributed by atoms with Gasteiger partial charge in [-0.2, -0.15) is 0 Å². The Morgan fingerprint density at radius 2 is 2.28 bits per heavy atom. The summed E-state index contributed by atoms with van der Waals surface area (Å²) in [7, 11) is 0. The summed E-state index contributed by atoms with van der Waals surface area (Å²) in [6.45, 7) is 3.03. The minimum atomic E-state index is -0.347. The summed E-state index contributed by atoms with van der Waals surface area (Å²) in [6, 6.07) is 6.46. The average molecular weight is 270 g/mol. The smallest absolute Gasteiger partial charge is 0.142 e. The predicted molar refractivity (Wildman–Crippen MR) is 73.1 cm³/mol. The van der Waals surface area contributed by atoms with Crippen LogP contribution in [0.25, 0.3) is 0 Å². The van der Waals surface area contributed by atoms with Crippen LogP contribution in [0.2, 0.25) is 5.02 Å². The number of benzene rings is 1. The summed E-state index contributed by atoms with van der Waals surface area (Å²) < 4.78 is 5.70. The first kappa shape index (κ1) is 13.7. The van der Waals surface area contributed by atoms with E-state index in [1.54, 1.807) is 6.92 Å². The molecule has 1 unspecified atom stereocenters. The molecule has 18 heavy (non-hydrogen) atoms. The van der Waals surface area contributed by atoms with Crippen molar-refractivity contribution in [3.8, 4) is 5.75 Å². The molecule has 1 aliphatic carbocycles. The van der Waals surface area contributed by atoms with Gasteiger partial charge in [-0.25, -0.2) is 0 Å². The lowest BCUT2D eigenvalue weighted by atomic mass is 10.2. The van der Waals surface area contributed by atoms with Crippen LogP contribution < -0.4 is 10.1 Å². The second kappa shape index (κ2) is 6.41. The number of aliphatic hydroxyl groups excluding tert-OH is 1. The molecule has 0 amide bonds. The minimum absolute atomic E-state index is 0.347. The Balaban J connectivity index is 1.95. The highest BCUT2D eigenvalue weighted by Crippen LogP contribution is 2.29. The summed E-state index contributed by atoms with van der Waals surface area (Å²) in [4.78, 5) is 0. The normalized spacial score (nSPS) is 16.6. The number of nitrogens with one attached hydrogen (secondary N) is 1. The third kappa shape index (κ3) is 4.16. The number of para-hydroxylation sites is 1. The summed E-state index contributed by atoms with van der Waals surface area (Å²) in [5.41, 5.74) is 1.08. The fraction of sp³-hybridized carbons (Fsp3) is 0.571. The first-order valence-electron chi connectivity index (χ1n) is 6.48. The van der Waals surface area contributed by atoms with E-state index in [-0.39, 0.29) is 6.10 Å². The van der Waals surface area contributed by atoms with Gasteiger partial charge >= 0.3 is 0 Å². The summed E-state index contributed by atoms with van der Waals surface area (Å²) >= 11 is 6.16. The van der Waals surface area contributed by atoms with Gasteiger partial charge in [0.15, 0.2) is 0 Å². The van der Waals surface area contributed by atoms with Crippen LogP contribution in [0.1, 0.15) is 31.7 Å². The van der Waals surface area contributed by atoms with Crippen LogP contribution in [-0.2, 0) is 6.54 Å². The van der Waals surface area contributed by atoms with Crippen LogP contribution >= 0.6 is 11.6 Å². The lowest BCUT2D eigenvalue weighted by Gasteiger charge is -2.14. The second-order valence-electron chi connectivity index (χ2n) is 4.87. The van der Waals surface area contributed by atoms with Gasteiger partial charge in [-0.1, -0.05) is 23.7 Å². The zero-order valence-corrected chi connectivity index (χ0v) is 11.4. The van der Waals surface area contributed by atoms with Crippen LogP contribution in [0.4, 0.5) is 0 Å². The molecular formula is C14H20ClNO2. The van der Waals surface area contributed by atoms with Gasteiger partial charge in [0.1, 0.15) is 5.75 Å². The molecule has 100 valence electrons. The molecule has 1 saturated carbocycles. The molecule has 0 spiro atoms. The fourth-order valence-corrected chi connectivity index (χ4v) is 1.98. The third-order valence-electron chi connectivity index (χ3n) is 2.99. The van der Waals surface area contributed by atoms with E-state index in [1.165, 1.54) is 12.8 Å². The van der Waals surface area contributed by atoms with Gasteiger partial charge in [0, 0.05) is 24.6 Å². The van der Waals surface area contributed by atoms with Crippen molar-refractivity contribution in [1.29, 1.82) is 0 Å². The number of ether oxygens (including phenoxy) is 1. The van der Waals surface area contributed by atoms with Crippen molar-refractivity contribution in [3.63, 3.8) is 0 Å². The quantitative estimate of drug-likeness (QED) is 0.800. The van der Waals surface area contributed by atoms with Crippen LogP contribution in [0.15, 0.2) is 18.2 Å². The standard InChI is InChI=1S/C14H20ClNO2/c1-10(17)7-8-18-14-11(3-2-4-13(14)15)9-16-12-5-6-12/h2-4,10,12,16-17H,5-9H2,1H3. The SMILES string of the molecule is CC(O)CCOc1c(Cl)cccc1CNC1CC1. The average Bonchev–Trinajstić information content (AvgIpc) is 3.12. The fourth-order valence-electron chi connectivity index (χ4n) is 1.73. The van der Waals surface area contributed by atoms with Crippen LogP contribution in [0.5, 0.6) is 5.75 Å². The molecule has 2 N–H and O–H groups in total. The molecule has 0 bridgehead atoms. The molecule has 1 aliphatic rings. The molecule has 0 heterocycles. The second-order valence-corrected chi connectivity index (χ2v) is 5.28. The highest BCUT2D eigenvalue weighted by Gasteiger charge is 2.21. The number of aliphatic hydroxyl groups is 1. The lowest BCUT2D eigenvalue weighted by Crippen LogP contribution is -2.16. The predicted octanol–water partition coefficient (Wildman–Crippen LogP) is 2.74. The van der Waals surface area contributed by atoms with E-state index >= 15 is 0 Å². The van der Waals surface area contributed by atoms with Gasteiger partial charge in [-0.15, -0.1) is 0 Å². The van der Waals surface area contributed by atoms with Crippen molar-refractivity contribution in [2.45, 2.75) is 44.9 Å². The van der Waals surface area contributed by atoms with Crippen LogP contribution in [0, 0.1) is 0 Å². The topological polar surface area (TPSA) is 41.5 Å². The maximum absolute atomic E-state index is 9.23. The van der Waals surface area contributed by atoms with Gasteiger partial charge in [0.2, 0.25) is 0 Å². The maximum Gasteiger partial charge on any atom is 0.142 e. The Hall–Kier alpha value is -0.770. The highest BCUT2D eigenvalue weighted by molar-refractivity contribution is 6.32. The van der Waals surface area contributed by atoms with Gasteiger partial charge in [-0.3, -0.25) is 0 Å². The number of rotatable bonds is 7. The molecule has 0 radical (unpaired) electrons. The van der Waals surface area contributed by atoms with Gasteiger partial charge in [0.25, 0.3) is 0 Å². The van der Waals surface area contributed by atoms with E-state index < -0.39 is 0 Å². The van der Waals surface area contributed by atoms with Gasteiger partial charge < -0.3 is 15.2 Å². The largest absolute Gasteiger partial charge is 0.492 e. The Bertz CT molecular complexity index is 391. The first-order chi connectivity index (χ1) is 8.66. The van der Waals surface area contributed by atoms with E-state index in [2.05, 4.69) is 5.32 Å². The van der Waals surface area contributed by atoms with E-state index in [0.29, 0.717) is 24.1 Å². The van der Waals surface area contributed by atoms with E-state index in [0.717, 1.165) is 17.9 Å². The number of hydrogen-bond acceptors (Lipinski definition) is 3.